The lowest BCUT2D eigenvalue weighted by Crippen LogP contribution is -2.35. The fourth-order valence-corrected chi connectivity index (χ4v) is 3.09. The molecule has 0 saturated heterocycles. The number of fused-ring (bicyclic) bond motifs is 1. The number of rotatable bonds is 2. The van der Waals surface area contributed by atoms with E-state index in [1.54, 1.807) is 6.20 Å². The Morgan fingerprint density at radius 2 is 2.09 bits per heavy atom. The van der Waals surface area contributed by atoms with Crippen molar-refractivity contribution in [3.8, 4) is 0 Å². The van der Waals surface area contributed by atoms with E-state index in [0.29, 0.717) is 11.4 Å². The number of primary amides is 1. The maximum Gasteiger partial charge on any atom is 0.252 e. The zero-order valence-electron chi connectivity index (χ0n) is 11.5. The van der Waals surface area contributed by atoms with Crippen LogP contribution in [0.15, 0.2) is 36.5 Å². The predicted molar refractivity (Wildman–Crippen MR) is 85.4 cm³/mol. The molecule has 116 valence electrons. The first kappa shape index (κ1) is 16.5. The van der Waals surface area contributed by atoms with Gasteiger partial charge in [-0.25, -0.2) is 0 Å². The average Bonchev–Trinajstić information content (AvgIpc) is 2.76. The van der Waals surface area contributed by atoms with Crippen LogP contribution in [0.5, 0.6) is 0 Å². The van der Waals surface area contributed by atoms with Crippen LogP contribution < -0.4 is 11.2 Å². The minimum Gasteiger partial charge on any atom is -0.390 e. The molecule has 1 aliphatic rings. The fraction of sp³-hybridized carbons (Fsp3) is 0.200. The van der Waals surface area contributed by atoms with Crippen LogP contribution in [-0.4, -0.2) is 21.7 Å². The third kappa shape index (κ3) is 2.63. The molecule has 7 heteroatoms. The molecule has 22 heavy (non-hydrogen) atoms. The molecule has 2 aromatic rings. The van der Waals surface area contributed by atoms with Gasteiger partial charge in [-0.05, 0) is 17.2 Å². The van der Waals surface area contributed by atoms with E-state index < -0.39 is 18.1 Å². The quantitative estimate of drug-likeness (QED) is 0.776. The Labute approximate surface area is 138 Å². The van der Waals surface area contributed by atoms with Crippen molar-refractivity contribution in [2.45, 2.75) is 18.6 Å². The topological polar surface area (TPSA) is 92.1 Å². The highest BCUT2D eigenvalue weighted by atomic mass is 35.5. The van der Waals surface area contributed by atoms with E-state index in [4.69, 9.17) is 22.7 Å². The molecule has 1 amide bonds. The maximum atomic E-state index is 11.4. The lowest BCUT2D eigenvalue weighted by atomic mass is 10.1. The third-order valence-corrected chi connectivity index (χ3v) is 4.00. The van der Waals surface area contributed by atoms with Crippen LogP contribution in [0.25, 0.3) is 0 Å². The van der Waals surface area contributed by atoms with Gasteiger partial charge < -0.3 is 15.4 Å². The van der Waals surface area contributed by atoms with Gasteiger partial charge >= 0.3 is 0 Å². The van der Waals surface area contributed by atoms with Crippen molar-refractivity contribution in [2.24, 2.45) is 5.73 Å². The molecule has 0 fully saturated rings. The molecular formula is C15H15Cl2N3O2. The molecular weight excluding hydrogens is 325 g/mol. The van der Waals surface area contributed by atoms with Crippen molar-refractivity contribution in [3.05, 3.63) is 63.7 Å². The zero-order valence-corrected chi connectivity index (χ0v) is 13.1. The fourth-order valence-electron chi connectivity index (χ4n) is 2.88. The molecule has 1 aromatic heterocycles. The first-order chi connectivity index (χ1) is 9.99. The summed E-state index contributed by atoms with van der Waals surface area (Å²) in [5.41, 5.74) is 7.24. The Morgan fingerprint density at radius 3 is 2.77 bits per heavy atom. The third-order valence-electron chi connectivity index (χ3n) is 3.79. The number of carbonyl (C=O) groups excluding carboxylic acids is 1. The van der Waals surface area contributed by atoms with Gasteiger partial charge in [-0.3, -0.25) is 10.2 Å². The molecule has 1 aliphatic carbocycles. The molecule has 4 N–H and O–H groups in total. The van der Waals surface area contributed by atoms with Gasteiger partial charge in [0.2, 0.25) is 0 Å². The smallest absolute Gasteiger partial charge is 0.252 e. The molecule has 0 aliphatic heterocycles. The maximum absolute atomic E-state index is 11.4. The highest BCUT2D eigenvalue weighted by Gasteiger charge is 2.32. The summed E-state index contributed by atoms with van der Waals surface area (Å²) in [5, 5.41) is 18.8. The molecule has 5 nitrogen and oxygen atoms in total. The summed E-state index contributed by atoms with van der Waals surface area (Å²) in [6.07, 6.45) is 1.38. The first-order valence-corrected chi connectivity index (χ1v) is 6.89. The molecule has 0 radical (unpaired) electrons. The van der Waals surface area contributed by atoms with Gasteiger partial charge in [-0.2, -0.15) is 0 Å². The van der Waals surface area contributed by atoms with Crippen molar-refractivity contribution >= 4 is 29.9 Å². The summed E-state index contributed by atoms with van der Waals surface area (Å²) in [7, 11) is 0. The Bertz CT molecular complexity index is 789. The number of aromatic nitrogens is 1. The number of pyridine rings is 1. The van der Waals surface area contributed by atoms with Crippen LogP contribution in [0.4, 0.5) is 0 Å². The predicted octanol–water partition coefficient (Wildman–Crippen LogP) is 1.65. The van der Waals surface area contributed by atoms with Gasteiger partial charge in [0.05, 0.1) is 22.7 Å². The van der Waals surface area contributed by atoms with Gasteiger partial charge in [-0.1, -0.05) is 35.9 Å². The lowest BCUT2D eigenvalue weighted by molar-refractivity contribution is 0.0995. The summed E-state index contributed by atoms with van der Waals surface area (Å²) in [6.45, 7) is 0. The van der Waals surface area contributed by atoms with E-state index in [9.17, 15) is 9.90 Å². The van der Waals surface area contributed by atoms with E-state index in [1.807, 2.05) is 24.3 Å². The number of aliphatic hydroxyl groups is 1. The molecule has 0 saturated carbocycles. The standard InChI is InChI=1S/C15H14ClN3O2.ClH/c16-9-6-11(15(18)21)14(17)19(7-9)13-10-4-2-1-3-8(10)5-12(13)20;/h1-4,6-7,12-13,17,20H,5H2,(H2,18,21);1H. The molecule has 2 atom stereocenters. The van der Waals surface area contributed by atoms with Crippen LogP contribution in [0.1, 0.15) is 27.5 Å². The normalized spacial score (nSPS) is 19.4. The summed E-state index contributed by atoms with van der Waals surface area (Å²) < 4.78 is 1.51. The second-order valence-corrected chi connectivity index (χ2v) is 5.54. The molecule has 0 spiro atoms. The average molecular weight is 340 g/mol. The van der Waals surface area contributed by atoms with Crippen LogP contribution >= 0.6 is 24.0 Å². The summed E-state index contributed by atoms with van der Waals surface area (Å²) >= 11 is 6.03. The SMILES string of the molecule is Cl.N=c1c(C(N)=O)cc(Cl)cn1C1c2ccccc2CC1O. The molecule has 3 rings (SSSR count). The minimum atomic E-state index is -0.711. The van der Waals surface area contributed by atoms with Gasteiger partial charge in [0, 0.05) is 12.6 Å². The number of halogens is 2. The van der Waals surface area contributed by atoms with Crippen molar-refractivity contribution < 1.29 is 9.90 Å². The van der Waals surface area contributed by atoms with Crippen LogP contribution in [0, 0.1) is 5.41 Å². The van der Waals surface area contributed by atoms with Crippen LogP contribution in [-0.2, 0) is 6.42 Å². The number of aliphatic hydroxyl groups excluding tert-OH is 1. The second-order valence-electron chi connectivity index (χ2n) is 5.11. The molecule has 1 aromatic carbocycles. The van der Waals surface area contributed by atoms with E-state index in [1.165, 1.54) is 10.6 Å². The van der Waals surface area contributed by atoms with Crippen molar-refractivity contribution in [3.63, 3.8) is 0 Å². The van der Waals surface area contributed by atoms with E-state index in [-0.39, 0.29) is 23.5 Å². The number of amides is 1. The van der Waals surface area contributed by atoms with Gasteiger partial charge in [0.25, 0.3) is 5.91 Å². The number of nitrogens with zero attached hydrogens (tertiary/aromatic N) is 1. The summed E-state index contributed by atoms with van der Waals surface area (Å²) in [6, 6.07) is 8.58. The summed E-state index contributed by atoms with van der Waals surface area (Å²) in [4.78, 5) is 11.4. The highest BCUT2D eigenvalue weighted by molar-refractivity contribution is 6.30. The van der Waals surface area contributed by atoms with Crippen molar-refractivity contribution in [1.82, 2.24) is 4.57 Å². The first-order valence-electron chi connectivity index (χ1n) is 6.51. The molecule has 0 bridgehead atoms. The van der Waals surface area contributed by atoms with Gasteiger partial charge in [0.1, 0.15) is 5.49 Å². The highest BCUT2D eigenvalue weighted by Crippen LogP contribution is 2.34. The van der Waals surface area contributed by atoms with Crippen molar-refractivity contribution in [1.29, 1.82) is 5.41 Å². The van der Waals surface area contributed by atoms with Crippen LogP contribution in [0.3, 0.4) is 0 Å². The molecule has 2 unspecified atom stereocenters. The zero-order chi connectivity index (χ0) is 15.1. The second kappa shape index (κ2) is 6.12. The van der Waals surface area contributed by atoms with E-state index in [2.05, 4.69) is 0 Å². The minimum absolute atomic E-state index is 0. The largest absolute Gasteiger partial charge is 0.390 e. The Morgan fingerprint density at radius 1 is 1.41 bits per heavy atom. The number of hydrogen-bond acceptors (Lipinski definition) is 3. The van der Waals surface area contributed by atoms with Crippen molar-refractivity contribution in [2.75, 3.05) is 0 Å². The Hall–Kier alpha value is -1.82. The monoisotopic (exact) mass is 339 g/mol. The number of hydrogen-bond donors (Lipinski definition) is 3. The van der Waals surface area contributed by atoms with Gasteiger partial charge in [0.15, 0.2) is 0 Å². The number of nitrogens with one attached hydrogen (secondary N) is 1. The Balaban J connectivity index is 0.00000176. The Kier molecular flexibility index (Phi) is 4.60. The number of benzene rings is 1. The molecule has 1 heterocycles. The lowest BCUT2D eigenvalue weighted by Gasteiger charge is -2.21. The van der Waals surface area contributed by atoms with Crippen LogP contribution in [0.2, 0.25) is 5.02 Å². The van der Waals surface area contributed by atoms with E-state index >= 15 is 0 Å². The number of nitrogens with two attached hydrogens (primary N) is 1. The van der Waals surface area contributed by atoms with E-state index in [0.717, 1.165) is 11.1 Å². The summed E-state index contributed by atoms with van der Waals surface area (Å²) in [5.74, 6) is -0.711. The van der Waals surface area contributed by atoms with Gasteiger partial charge in [-0.15, -0.1) is 12.4 Å². The number of carbonyl (C=O) groups is 1.